The maximum Gasteiger partial charge on any atom is 0.266 e. The molecule has 0 amide bonds. The van der Waals surface area contributed by atoms with E-state index in [4.69, 9.17) is 11.6 Å². The van der Waals surface area contributed by atoms with Gasteiger partial charge in [-0.05, 0) is 30.0 Å². The van der Waals surface area contributed by atoms with Crippen LogP contribution in [0.2, 0.25) is 5.02 Å². The quantitative estimate of drug-likeness (QED) is 0.947. The largest absolute Gasteiger partial charge is 0.383 e. The second kappa shape index (κ2) is 6.29. The zero-order chi connectivity index (χ0) is 15.4. The van der Waals surface area contributed by atoms with Crippen LogP contribution >= 0.6 is 11.6 Å². The number of aromatic amines is 1. The number of H-pyrrole nitrogens is 1. The summed E-state index contributed by atoms with van der Waals surface area (Å²) < 4.78 is 0. The lowest BCUT2D eigenvalue weighted by Crippen LogP contribution is -2.12. The molecule has 0 unspecified atom stereocenters. The number of hydrogen-bond acceptors (Lipinski definition) is 3. The van der Waals surface area contributed by atoms with Gasteiger partial charge in [-0.15, -0.1) is 0 Å². The Hall–Kier alpha value is -2.51. The van der Waals surface area contributed by atoms with Gasteiger partial charge >= 0.3 is 0 Å². The van der Waals surface area contributed by atoms with E-state index in [1.165, 1.54) is 0 Å². The lowest BCUT2D eigenvalue weighted by molar-refractivity contribution is 0.567. The van der Waals surface area contributed by atoms with Crippen molar-refractivity contribution in [2.75, 3.05) is 14.1 Å². The molecule has 0 spiro atoms. The highest BCUT2D eigenvalue weighted by Gasteiger charge is 2.11. The first-order valence-electron chi connectivity index (χ1n) is 6.29. The van der Waals surface area contributed by atoms with Gasteiger partial charge in [0.25, 0.3) is 5.56 Å². The first-order valence-corrected chi connectivity index (χ1v) is 6.67. The maximum absolute atomic E-state index is 11.8. The van der Waals surface area contributed by atoms with Crippen LogP contribution in [0.1, 0.15) is 11.1 Å². The van der Waals surface area contributed by atoms with E-state index < -0.39 is 5.56 Å². The molecule has 4 nitrogen and oxygen atoms in total. The normalized spacial score (nSPS) is 10.6. The minimum absolute atomic E-state index is 0.0977. The highest BCUT2D eigenvalue weighted by atomic mass is 35.5. The Morgan fingerprint density at radius 2 is 1.95 bits per heavy atom. The predicted octanol–water partition coefficient (Wildman–Crippen LogP) is 3.10. The Bertz CT molecular complexity index is 768. The third kappa shape index (κ3) is 3.33. The summed E-state index contributed by atoms with van der Waals surface area (Å²) in [7, 11) is 3.75. The van der Waals surface area contributed by atoms with Crippen LogP contribution in [0.3, 0.4) is 0 Å². The molecule has 0 fully saturated rings. The summed E-state index contributed by atoms with van der Waals surface area (Å²) in [5.74, 6) is 0. The van der Waals surface area contributed by atoms with Crippen LogP contribution in [0, 0.1) is 11.3 Å². The summed E-state index contributed by atoms with van der Waals surface area (Å²) >= 11 is 5.89. The van der Waals surface area contributed by atoms with E-state index in [-0.39, 0.29) is 5.56 Å². The molecule has 0 saturated heterocycles. The summed E-state index contributed by atoms with van der Waals surface area (Å²) in [5, 5.41) is 9.87. The molecule has 0 aliphatic carbocycles. The summed E-state index contributed by atoms with van der Waals surface area (Å²) in [6.07, 6.45) is 5.18. The first-order chi connectivity index (χ1) is 10.0. The van der Waals surface area contributed by atoms with Gasteiger partial charge < -0.3 is 9.88 Å². The standard InChI is InChI=1S/C16H14ClN3O/c1-20(2)8-7-13-14(9-18)16(21)19-10-15(13)11-3-5-12(17)6-4-11/h3-8,10H,1-2H3,(H,19,21). The third-order valence-corrected chi connectivity index (χ3v) is 3.19. The van der Waals surface area contributed by atoms with Gasteiger partial charge in [0, 0.05) is 36.4 Å². The number of aromatic nitrogens is 1. The molecule has 0 radical (unpaired) electrons. The summed E-state index contributed by atoms with van der Waals surface area (Å²) in [6, 6.07) is 9.21. The molecule has 2 aromatic rings. The molecule has 1 heterocycles. The lowest BCUT2D eigenvalue weighted by Gasteiger charge is -2.09. The number of nitrogens with one attached hydrogen (secondary N) is 1. The fraction of sp³-hybridized carbons (Fsp3) is 0.125. The fourth-order valence-electron chi connectivity index (χ4n) is 1.92. The van der Waals surface area contributed by atoms with Crippen molar-refractivity contribution in [1.82, 2.24) is 9.88 Å². The van der Waals surface area contributed by atoms with Crippen LogP contribution in [-0.2, 0) is 0 Å². The highest BCUT2D eigenvalue weighted by Crippen LogP contribution is 2.26. The Morgan fingerprint density at radius 1 is 1.29 bits per heavy atom. The van der Waals surface area contributed by atoms with Gasteiger partial charge in [0.05, 0.1) is 0 Å². The third-order valence-electron chi connectivity index (χ3n) is 2.94. The van der Waals surface area contributed by atoms with Crippen LogP contribution in [-0.4, -0.2) is 24.0 Å². The number of nitriles is 1. The maximum atomic E-state index is 11.8. The van der Waals surface area contributed by atoms with Crippen molar-refractivity contribution in [2.45, 2.75) is 0 Å². The van der Waals surface area contributed by atoms with Gasteiger partial charge in [-0.2, -0.15) is 5.26 Å². The molecule has 0 saturated carbocycles. The van der Waals surface area contributed by atoms with E-state index in [9.17, 15) is 10.1 Å². The van der Waals surface area contributed by atoms with Crippen molar-refractivity contribution in [3.8, 4) is 17.2 Å². The van der Waals surface area contributed by atoms with E-state index >= 15 is 0 Å². The molecule has 1 aromatic heterocycles. The predicted molar refractivity (Wildman–Crippen MR) is 84.9 cm³/mol. The Labute approximate surface area is 127 Å². The van der Waals surface area contributed by atoms with Crippen molar-refractivity contribution in [1.29, 1.82) is 5.26 Å². The zero-order valence-electron chi connectivity index (χ0n) is 11.7. The smallest absolute Gasteiger partial charge is 0.266 e. The number of nitrogens with zero attached hydrogens (tertiary/aromatic N) is 2. The first kappa shape index (κ1) is 14.9. The van der Waals surface area contributed by atoms with Crippen LogP contribution in [0.25, 0.3) is 17.2 Å². The van der Waals surface area contributed by atoms with Crippen LogP contribution < -0.4 is 5.56 Å². The molecule has 0 aliphatic heterocycles. The van der Waals surface area contributed by atoms with E-state index in [1.807, 2.05) is 37.2 Å². The number of rotatable bonds is 3. The second-order valence-electron chi connectivity index (χ2n) is 4.72. The molecular formula is C16H14ClN3O. The Kier molecular flexibility index (Phi) is 4.46. The average molecular weight is 300 g/mol. The van der Waals surface area contributed by atoms with Crippen molar-refractivity contribution in [3.05, 3.63) is 63.2 Å². The van der Waals surface area contributed by atoms with Crippen LogP contribution in [0.4, 0.5) is 0 Å². The highest BCUT2D eigenvalue weighted by molar-refractivity contribution is 6.30. The van der Waals surface area contributed by atoms with Gasteiger partial charge in [-0.3, -0.25) is 4.79 Å². The minimum atomic E-state index is -0.395. The molecule has 0 bridgehead atoms. The van der Waals surface area contributed by atoms with Crippen molar-refractivity contribution < 1.29 is 0 Å². The summed E-state index contributed by atoms with van der Waals surface area (Å²) in [5.41, 5.74) is 1.96. The number of benzene rings is 1. The second-order valence-corrected chi connectivity index (χ2v) is 5.15. The summed E-state index contributed by atoms with van der Waals surface area (Å²) in [4.78, 5) is 16.3. The average Bonchev–Trinajstić information content (AvgIpc) is 2.46. The molecule has 5 heteroatoms. The molecule has 1 aromatic carbocycles. The molecular weight excluding hydrogens is 286 g/mol. The Morgan fingerprint density at radius 3 is 2.52 bits per heavy atom. The van der Waals surface area contributed by atoms with Crippen LogP contribution in [0.5, 0.6) is 0 Å². The molecule has 2 rings (SSSR count). The number of pyridine rings is 1. The Balaban J connectivity index is 2.68. The van der Waals surface area contributed by atoms with Gasteiger partial charge in [0.15, 0.2) is 0 Å². The van der Waals surface area contributed by atoms with Gasteiger partial charge in [-0.1, -0.05) is 23.7 Å². The zero-order valence-corrected chi connectivity index (χ0v) is 12.5. The van der Waals surface area contributed by atoms with E-state index in [2.05, 4.69) is 4.98 Å². The van der Waals surface area contributed by atoms with Gasteiger partial charge in [0.1, 0.15) is 11.6 Å². The molecule has 0 aliphatic rings. The number of hydrogen-bond donors (Lipinski definition) is 1. The molecule has 0 atom stereocenters. The summed E-state index contributed by atoms with van der Waals surface area (Å²) in [6.45, 7) is 0. The SMILES string of the molecule is CN(C)C=Cc1c(-c2ccc(Cl)cc2)c[nH]c(=O)c1C#N. The molecule has 106 valence electrons. The molecule has 1 N–H and O–H groups in total. The van der Waals surface area contributed by atoms with Gasteiger partial charge in [-0.25, -0.2) is 0 Å². The lowest BCUT2D eigenvalue weighted by atomic mass is 9.98. The van der Waals surface area contributed by atoms with Crippen LogP contribution in [0.15, 0.2) is 41.5 Å². The minimum Gasteiger partial charge on any atom is -0.383 e. The van der Waals surface area contributed by atoms with E-state index in [1.54, 1.807) is 30.6 Å². The number of halogens is 1. The topological polar surface area (TPSA) is 59.9 Å². The van der Waals surface area contributed by atoms with Crippen molar-refractivity contribution in [3.63, 3.8) is 0 Å². The molecule has 21 heavy (non-hydrogen) atoms. The monoisotopic (exact) mass is 299 g/mol. The van der Waals surface area contributed by atoms with E-state index in [0.717, 1.165) is 11.1 Å². The van der Waals surface area contributed by atoms with E-state index in [0.29, 0.717) is 10.6 Å². The van der Waals surface area contributed by atoms with Gasteiger partial charge in [0.2, 0.25) is 0 Å². The van der Waals surface area contributed by atoms with Crippen molar-refractivity contribution in [2.24, 2.45) is 0 Å². The fourth-order valence-corrected chi connectivity index (χ4v) is 2.05. The van der Waals surface area contributed by atoms with Crippen molar-refractivity contribution >= 4 is 17.7 Å².